The van der Waals surface area contributed by atoms with Crippen molar-refractivity contribution < 1.29 is 23.7 Å². The zero-order valence-corrected chi connectivity index (χ0v) is 15.8. The predicted molar refractivity (Wildman–Crippen MR) is 99.3 cm³/mol. The van der Waals surface area contributed by atoms with Crippen molar-refractivity contribution in [2.24, 2.45) is 0 Å². The summed E-state index contributed by atoms with van der Waals surface area (Å²) in [6, 6.07) is 13.4. The van der Waals surface area contributed by atoms with Crippen LogP contribution in [0.4, 0.5) is 0 Å². The lowest BCUT2D eigenvalue weighted by molar-refractivity contribution is -0.0459. The Kier molecular flexibility index (Phi) is 7.63. The predicted octanol–water partition coefficient (Wildman–Crippen LogP) is 4.43. The van der Waals surface area contributed by atoms with Gasteiger partial charge in [-0.15, -0.1) is 0 Å². The van der Waals surface area contributed by atoms with Crippen LogP contribution in [-0.2, 0) is 20.8 Å². The van der Waals surface area contributed by atoms with Crippen LogP contribution in [0.2, 0.25) is 0 Å². The zero-order valence-electron chi connectivity index (χ0n) is 15.8. The summed E-state index contributed by atoms with van der Waals surface area (Å²) < 4.78 is 22.0. The van der Waals surface area contributed by atoms with Gasteiger partial charge in [-0.2, -0.15) is 0 Å². The van der Waals surface area contributed by atoms with Gasteiger partial charge in [-0.05, 0) is 30.2 Å². The second-order valence-corrected chi connectivity index (χ2v) is 5.55. The maximum atomic E-state index is 11.9. The maximum Gasteiger partial charge on any atom is 0.337 e. The molecule has 2 aromatic carbocycles. The van der Waals surface area contributed by atoms with Crippen molar-refractivity contribution in [3.8, 4) is 5.75 Å². The summed E-state index contributed by atoms with van der Waals surface area (Å²) in [5.74, 6) is 0.283. The van der Waals surface area contributed by atoms with Crippen LogP contribution in [0.25, 0.3) is 0 Å². The molecule has 1 saturated heterocycles. The normalized spacial score (nSPS) is 13.7. The quantitative estimate of drug-likeness (QED) is 0.740. The first-order valence-corrected chi connectivity index (χ1v) is 8.82. The highest BCUT2D eigenvalue weighted by molar-refractivity contribution is 5.90. The Morgan fingerprint density at radius 1 is 1.12 bits per heavy atom. The molecule has 1 heterocycles. The lowest BCUT2D eigenvalue weighted by Crippen LogP contribution is -2.09. The molecule has 0 amide bonds. The summed E-state index contributed by atoms with van der Waals surface area (Å²) in [6.45, 7) is 7.36. The molecule has 1 aliphatic heterocycles. The number of hydrogen-bond donors (Lipinski definition) is 0. The third kappa shape index (κ3) is 4.84. The van der Waals surface area contributed by atoms with E-state index in [-0.39, 0.29) is 0 Å². The van der Waals surface area contributed by atoms with E-state index in [0.29, 0.717) is 36.7 Å². The Labute approximate surface area is 154 Å². The fourth-order valence-corrected chi connectivity index (χ4v) is 2.68. The van der Waals surface area contributed by atoms with Crippen LogP contribution in [0, 0.1) is 6.92 Å². The van der Waals surface area contributed by atoms with Crippen molar-refractivity contribution >= 4 is 5.97 Å². The average molecular weight is 358 g/mol. The Morgan fingerprint density at radius 2 is 1.77 bits per heavy atom. The summed E-state index contributed by atoms with van der Waals surface area (Å²) in [5.41, 5.74) is 3.07. The second-order valence-electron chi connectivity index (χ2n) is 5.55. The smallest absolute Gasteiger partial charge is 0.337 e. The molecule has 26 heavy (non-hydrogen) atoms. The molecule has 0 N–H and O–H groups in total. The lowest BCUT2D eigenvalue weighted by Gasteiger charge is -2.19. The molecular formula is C21H26O5. The molecule has 5 heteroatoms. The minimum absolute atomic E-state index is 0.396. The van der Waals surface area contributed by atoms with Gasteiger partial charge in [0.25, 0.3) is 0 Å². The summed E-state index contributed by atoms with van der Waals surface area (Å²) >= 11 is 0. The first kappa shape index (κ1) is 19.9. The van der Waals surface area contributed by atoms with Crippen molar-refractivity contribution in [2.45, 2.75) is 33.7 Å². The van der Waals surface area contributed by atoms with Crippen LogP contribution in [-0.4, -0.2) is 26.3 Å². The minimum Gasteiger partial charge on any atom is -0.488 e. The Hall–Kier alpha value is -2.37. The van der Waals surface area contributed by atoms with Crippen molar-refractivity contribution in [2.75, 3.05) is 20.3 Å². The monoisotopic (exact) mass is 358 g/mol. The molecule has 0 bridgehead atoms. The molecule has 140 valence electrons. The number of carbonyl (C=O) groups is 1. The van der Waals surface area contributed by atoms with Gasteiger partial charge in [0.2, 0.25) is 0 Å². The number of aryl methyl sites for hydroxylation is 1. The molecule has 0 spiro atoms. The molecule has 3 rings (SSSR count). The first-order chi connectivity index (χ1) is 12.7. The van der Waals surface area contributed by atoms with Crippen LogP contribution >= 0.6 is 0 Å². The van der Waals surface area contributed by atoms with E-state index in [2.05, 4.69) is 0 Å². The second kappa shape index (κ2) is 9.94. The number of ether oxygens (including phenoxy) is 4. The van der Waals surface area contributed by atoms with Gasteiger partial charge in [-0.25, -0.2) is 4.79 Å². The van der Waals surface area contributed by atoms with Gasteiger partial charge in [0.15, 0.2) is 6.29 Å². The maximum absolute atomic E-state index is 11.9. The highest BCUT2D eigenvalue weighted by Gasteiger charge is 2.25. The summed E-state index contributed by atoms with van der Waals surface area (Å²) in [4.78, 5) is 11.9. The summed E-state index contributed by atoms with van der Waals surface area (Å²) in [7, 11) is 1.36. The fraction of sp³-hybridized carbons (Fsp3) is 0.381. The van der Waals surface area contributed by atoms with Crippen LogP contribution in [0.3, 0.4) is 0 Å². The molecule has 0 aliphatic carbocycles. The van der Waals surface area contributed by atoms with E-state index in [0.717, 1.165) is 11.1 Å². The summed E-state index contributed by atoms with van der Waals surface area (Å²) in [5, 5.41) is 0. The standard InChI is InChI=1S/C19H20O5.C2H6/c1-13-10-15(18(20)21-2)11-16(19-22-8-9-23-19)17(13)24-12-14-6-4-3-5-7-14;1-2/h3-7,10-11,19H,8-9,12H2,1-2H3;1-2H3. The first-order valence-electron chi connectivity index (χ1n) is 8.82. The Balaban J connectivity index is 0.00000117. The van der Waals surface area contributed by atoms with Gasteiger partial charge in [0.1, 0.15) is 12.4 Å². The van der Waals surface area contributed by atoms with Crippen LogP contribution < -0.4 is 4.74 Å². The Bertz CT molecular complexity index is 706. The topological polar surface area (TPSA) is 54.0 Å². The van der Waals surface area contributed by atoms with E-state index in [1.807, 2.05) is 51.1 Å². The van der Waals surface area contributed by atoms with Crippen LogP contribution in [0.1, 0.15) is 47.2 Å². The van der Waals surface area contributed by atoms with Crippen LogP contribution in [0.15, 0.2) is 42.5 Å². The highest BCUT2D eigenvalue weighted by atomic mass is 16.7. The van der Waals surface area contributed by atoms with Gasteiger partial charge in [0.05, 0.1) is 31.5 Å². The van der Waals surface area contributed by atoms with Crippen molar-refractivity contribution in [1.29, 1.82) is 0 Å². The molecule has 1 aliphatic rings. The Morgan fingerprint density at radius 3 is 2.38 bits per heavy atom. The van der Waals surface area contributed by atoms with Crippen molar-refractivity contribution in [3.63, 3.8) is 0 Å². The zero-order chi connectivity index (χ0) is 18.9. The largest absolute Gasteiger partial charge is 0.488 e. The van der Waals surface area contributed by atoms with E-state index in [1.165, 1.54) is 7.11 Å². The average Bonchev–Trinajstić information content (AvgIpc) is 3.23. The number of methoxy groups -OCH3 is 1. The minimum atomic E-state index is -0.529. The number of carbonyl (C=O) groups excluding carboxylic acids is 1. The molecule has 0 aromatic heterocycles. The molecule has 0 atom stereocenters. The van der Waals surface area contributed by atoms with Gasteiger partial charge in [-0.3, -0.25) is 0 Å². The number of benzene rings is 2. The lowest BCUT2D eigenvalue weighted by atomic mass is 10.0. The van der Waals surface area contributed by atoms with Gasteiger partial charge >= 0.3 is 5.97 Å². The summed E-state index contributed by atoms with van der Waals surface area (Å²) in [6.07, 6.45) is -0.529. The molecule has 0 radical (unpaired) electrons. The molecule has 0 saturated carbocycles. The third-order valence-electron chi connectivity index (χ3n) is 3.83. The van der Waals surface area contributed by atoms with Crippen molar-refractivity contribution in [3.05, 3.63) is 64.7 Å². The van der Waals surface area contributed by atoms with E-state index in [4.69, 9.17) is 18.9 Å². The van der Waals surface area contributed by atoms with E-state index >= 15 is 0 Å². The molecule has 5 nitrogen and oxygen atoms in total. The number of esters is 1. The van der Waals surface area contributed by atoms with Crippen LogP contribution in [0.5, 0.6) is 5.75 Å². The van der Waals surface area contributed by atoms with Gasteiger partial charge < -0.3 is 18.9 Å². The van der Waals surface area contributed by atoms with E-state index < -0.39 is 12.3 Å². The fourth-order valence-electron chi connectivity index (χ4n) is 2.68. The molecule has 2 aromatic rings. The molecule has 0 unspecified atom stereocenters. The third-order valence-corrected chi connectivity index (χ3v) is 3.83. The highest BCUT2D eigenvalue weighted by Crippen LogP contribution is 2.35. The molecular weight excluding hydrogens is 332 g/mol. The van der Waals surface area contributed by atoms with E-state index in [9.17, 15) is 4.79 Å². The SMILES string of the molecule is CC.COC(=O)c1cc(C)c(OCc2ccccc2)c(C2OCCO2)c1. The molecule has 1 fully saturated rings. The van der Waals surface area contributed by atoms with Gasteiger partial charge in [0, 0.05) is 0 Å². The number of rotatable bonds is 5. The number of hydrogen-bond acceptors (Lipinski definition) is 5. The van der Waals surface area contributed by atoms with E-state index in [1.54, 1.807) is 12.1 Å². The van der Waals surface area contributed by atoms with Crippen molar-refractivity contribution in [1.82, 2.24) is 0 Å². The van der Waals surface area contributed by atoms with Gasteiger partial charge in [-0.1, -0.05) is 44.2 Å².